The van der Waals surface area contributed by atoms with Crippen molar-refractivity contribution in [3.63, 3.8) is 0 Å². The van der Waals surface area contributed by atoms with Crippen molar-refractivity contribution in [2.45, 2.75) is 169 Å². The third kappa shape index (κ3) is 29.7. The number of halogens is 1. The Hall–Kier alpha value is -7.42. The molecule has 1 unspecified atom stereocenters. The van der Waals surface area contributed by atoms with Gasteiger partial charge in [-0.1, -0.05) is 6.08 Å². The normalized spacial score (nSPS) is 16.4. The Kier molecular flexibility index (Phi) is 37.9. The molecule has 0 aliphatic carbocycles. The maximum atomic E-state index is 14.8. The predicted octanol–water partition coefficient (Wildman–Crippen LogP) is -11.0. The fourth-order valence-corrected chi connectivity index (χ4v) is 7.72. The number of aldehydes is 7. The number of nitrogens with zero attached hydrogens (tertiary/aromatic N) is 1. The Bertz CT molecular complexity index is 2300. The van der Waals surface area contributed by atoms with E-state index in [9.17, 15) is 91.7 Å². The average molecular weight is 1310 g/mol. The second kappa shape index (κ2) is 41.6. The van der Waals surface area contributed by atoms with E-state index in [0.717, 1.165) is 13.2 Å². The standard InChI is InChI=1S/C49H78IN14O20/c1-10-17-64(48(82)40(53-28(5)20-67)62-45(79)38(56-31(23-70)12-15-34(73)74)58-33(72)14-11-25(2)50-8)42(55-30(7)22-69)47(81)61-37(52-27(4)19-66)44(78)59-36(51-26(3)18-65)43(77)60-39(57-32(24-71)13-16-35(75)76)46(80)63-41(49(83)84-9)54-29(6)21-68/h10,18-32,36-42,51-57H,1,11-17H2,2-9H3,(H,58,72)(H,59,78)(H,60,77)(H,61,81)(H,62,79)(H,63,80)(H,73,74)(H,75,76)/q-1/t25?,26-,27-,28-,29-,30-,31+,32+,36+,37+,38+,39+,40+,41+,42+/m0/s1. The first-order valence-corrected chi connectivity index (χ1v) is 29.2. The summed E-state index contributed by atoms with van der Waals surface area (Å²) in [5, 5.41) is 49.4. The summed E-state index contributed by atoms with van der Waals surface area (Å²) in [4.78, 5) is 221. The summed E-state index contributed by atoms with van der Waals surface area (Å²) in [6, 6.07) is -9.20. The van der Waals surface area contributed by atoms with Gasteiger partial charge in [-0.2, -0.15) is 0 Å². The van der Waals surface area contributed by atoms with Gasteiger partial charge < -0.3 is 59.9 Å². The van der Waals surface area contributed by atoms with Crippen molar-refractivity contribution < 1.29 is 118 Å². The third-order valence-corrected chi connectivity index (χ3v) is 14.1. The summed E-state index contributed by atoms with van der Waals surface area (Å²) in [6.07, 6.45) is -12.8. The number of alkyl halides is 2. The van der Waals surface area contributed by atoms with E-state index in [0.29, 0.717) is 30.2 Å². The predicted molar refractivity (Wildman–Crippen MR) is 287 cm³/mol. The summed E-state index contributed by atoms with van der Waals surface area (Å²) in [5.74, 6) is -12.5. The van der Waals surface area contributed by atoms with Crippen molar-refractivity contribution in [1.29, 1.82) is 0 Å². The van der Waals surface area contributed by atoms with Crippen LogP contribution in [0.1, 0.15) is 80.1 Å². The van der Waals surface area contributed by atoms with Gasteiger partial charge in [-0.05, 0) is 34.1 Å². The van der Waals surface area contributed by atoms with Gasteiger partial charge in [0.1, 0.15) is 31.4 Å². The van der Waals surface area contributed by atoms with Crippen LogP contribution < -0.4 is 90.3 Å². The molecular weight excluding hydrogens is 1230 g/mol. The van der Waals surface area contributed by atoms with Crippen molar-refractivity contribution >= 4 is 103 Å². The molecule has 0 bridgehead atoms. The van der Waals surface area contributed by atoms with E-state index in [2.05, 4.69) is 80.4 Å². The van der Waals surface area contributed by atoms with Crippen LogP contribution in [-0.4, -0.2) is 226 Å². The van der Waals surface area contributed by atoms with E-state index in [1.807, 2.05) is 11.9 Å². The van der Waals surface area contributed by atoms with Crippen LogP contribution in [0.15, 0.2) is 12.7 Å². The van der Waals surface area contributed by atoms with Crippen LogP contribution in [0.2, 0.25) is 0 Å². The van der Waals surface area contributed by atoms with Gasteiger partial charge in [0.15, 0.2) is 24.7 Å². The maximum absolute atomic E-state index is 14.8. The molecule has 34 nitrogen and oxygen atoms in total. The summed E-state index contributed by atoms with van der Waals surface area (Å²) >= 11 is -0.282. The number of methoxy groups -OCH3 is 1. The van der Waals surface area contributed by atoms with Gasteiger partial charge in [-0.25, -0.2) is 4.79 Å². The molecule has 0 aromatic heterocycles. The minimum Gasteiger partial charge on any atom is -0.481 e. The number of esters is 1. The van der Waals surface area contributed by atoms with Crippen LogP contribution in [0.25, 0.3) is 0 Å². The van der Waals surface area contributed by atoms with Crippen molar-refractivity contribution in [3.05, 3.63) is 12.7 Å². The topological polar surface area (TPSA) is 500 Å². The SMILES string of the molecule is C=CCN(C(=O)[C@@H](NC(=O)[C@@H](NC(=O)CCC(C)[I-]C)N[C@@H](C=O)CCC(=O)O)N[C@@H](C)C=O)[C@@H](N[C@@H](C)C=O)C(=O)N[C@@H](N[C@@H](C)C=O)C(=O)N[C@@H](N[C@@H](C)C=O)C(=O)N[C@@H](N[C@@H](C=O)CCC(=O)O)C(=O)N[C@@H](N[C@@H](C)C=O)C(=O)OC. The molecular formula is C49H78IN14O20-. The molecule has 7 amide bonds. The first-order valence-electron chi connectivity index (χ1n) is 25.8. The van der Waals surface area contributed by atoms with Gasteiger partial charge >= 0.3 is 210 Å². The van der Waals surface area contributed by atoms with Gasteiger partial charge in [0.25, 0.3) is 23.6 Å². The Labute approximate surface area is 493 Å². The van der Waals surface area contributed by atoms with Crippen molar-refractivity contribution in [2.24, 2.45) is 0 Å². The van der Waals surface area contributed by atoms with Crippen molar-refractivity contribution in [1.82, 2.24) is 74.0 Å². The van der Waals surface area contributed by atoms with Crippen LogP contribution in [0.4, 0.5) is 0 Å². The molecule has 0 spiro atoms. The van der Waals surface area contributed by atoms with Crippen LogP contribution in [0.3, 0.4) is 0 Å². The molecule has 84 heavy (non-hydrogen) atoms. The van der Waals surface area contributed by atoms with E-state index in [-0.39, 0.29) is 63.1 Å². The van der Waals surface area contributed by atoms with Gasteiger partial charge in [0.2, 0.25) is 0 Å². The number of amides is 7. The zero-order valence-corrected chi connectivity index (χ0v) is 49.7. The Morgan fingerprint density at radius 1 is 0.464 bits per heavy atom. The molecule has 0 aromatic carbocycles. The molecule has 0 radical (unpaired) electrons. The van der Waals surface area contributed by atoms with Crippen LogP contribution in [0, 0.1) is 0 Å². The Morgan fingerprint density at radius 2 is 0.810 bits per heavy atom. The minimum absolute atomic E-state index is 0.0874. The number of carbonyl (C=O) groups is 17. The first-order chi connectivity index (χ1) is 39.6. The van der Waals surface area contributed by atoms with E-state index < -0.39 is 171 Å². The van der Waals surface area contributed by atoms with Crippen LogP contribution in [-0.2, 0) is 86.2 Å². The monoisotopic (exact) mass is 1310 g/mol. The fourth-order valence-electron chi connectivity index (χ4n) is 6.79. The average Bonchev–Trinajstić information content (AvgIpc) is 3.68. The number of hydrogen-bond acceptors (Lipinski definition) is 25. The Balaban J connectivity index is 7.67. The zero-order chi connectivity index (χ0) is 64.2. The first kappa shape index (κ1) is 76.6. The second-order valence-corrected chi connectivity index (χ2v) is 22.0. The number of carboxylic acids is 2. The van der Waals surface area contributed by atoms with Gasteiger partial charge in [-0.15, -0.1) is 6.58 Å². The van der Waals surface area contributed by atoms with Crippen LogP contribution in [0.5, 0.6) is 0 Å². The van der Waals surface area contributed by atoms with Gasteiger partial charge in [0.05, 0.1) is 37.3 Å². The molecule has 15 atom stereocenters. The number of ether oxygens (including phenoxy) is 1. The number of carbonyl (C=O) groups excluding carboxylic acids is 15. The summed E-state index contributed by atoms with van der Waals surface area (Å²) in [6.45, 7) is 11.1. The van der Waals surface area contributed by atoms with Crippen molar-refractivity contribution in [3.8, 4) is 0 Å². The van der Waals surface area contributed by atoms with E-state index in [4.69, 9.17) is 0 Å². The molecule has 0 heterocycles. The molecule has 0 fully saturated rings. The summed E-state index contributed by atoms with van der Waals surface area (Å²) < 4.78 is 4.85. The molecule has 35 heteroatoms. The number of nitrogens with one attached hydrogen (secondary N) is 13. The molecule has 15 N–H and O–H groups in total. The molecule has 0 aromatic rings. The second-order valence-electron chi connectivity index (χ2n) is 18.6. The van der Waals surface area contributed by atoms with Gasteiger partial charge in [0, 0.05) is 6.42 Å². The number of carboxylic acid groups (broad SMARTS) is 2. The smallest absolute Gasteiger partial charge is 0.481 e. The fraction of sp³-hybridized carbons (Fsp3) is 0.612. The number of hydrogen-bond donors (Lipinski definition) is 15. The van der Waals surface area contributed by atoms with E-state index in [1.165, 1.54) is 34.6 Å². The third-order valence-electron chi connectivity index (χ3n) is 11.4. The Morgan fingerprint density at radius 3 is 1.18 bits per heavy atom. The minimum atomic E-state index is -2.15. The molecule has 0 aliphatic rings. The number of aliphatic carboxylic acids is 2. The molecule has 472 valence electrons. The molecule has 0 aliphatic heterocycles. The van der Waals surface area contributed by atoms with Crippen molar-refractivity contribution in [2.75, 3.05) is 18.6 Å². The molecule has 0 rings (SSSR count). The quantitative estimate of drug-likeness (QED) is 0.00672. The summed E-state index contributed by atoms with van der Waals surface area (Å²) in [7, 11) is 0.931. The van der Waals surface area contributed by atoms with E-state index >= 15 is 0 Å². The van der Waals surface area contributed by atoms with Crippen LogP contribution >= 0.6 is 0 Å². The zero-order valence-electron chi connectivity index (χ0n) is 47.5. The molecule has 0 saturated heterocycles. The van der Waals surface area contributed by atoms with Gasteiger partial charge in [-0.3, -0.25) is 50.6 Å². The number of rotatable bonds is 47. The van der Waals surface area contributed by atoms with E-state index in [1.54, 1.807) is 0 Å². The molecule has 0 saturated carbocycles. The summed E-state index contributed by atoms with van der Waals surface area (Å²) in [5.41, 5.74) is 0.